The molecule has 0 heterocycles. The van der Waals surface area contributed by atoms with Crippen LogP contribution in [0.1, 0.15) is 33.1 Å². The van der Waals surface area contributed by atoms with Gasteiger partial charge in [-0.15, -0.1) is 0 Å². The number of rotatable bonds is 7. The van der Waals surface area contributed by atoms with Gasteiger partial charge < -0.3 is 15.9 Å². The van der Waals surface area contributed by atoms with E-state index in [2.05, 4.69) is 6.92 Å². The SMILES string of the molecule is CC(CCN)CCC(C)C(O)CO. The Kier molecular flexibility index (Phi) is 7.23. The molecule has 3 atom stereocenters. The van der Waals surface area contributed by atoms with Gasteiger partial charge in [0.15, 0.2) is 0 Å². The molecule has 4 N–H and O–H groups in total. The summed E-state index contributed by atoms with van der Waals surface area (Å²) >= 11 is 0. The van der Waals surface area contributed by atoms with Crippen LogP contribution in [0.25, 0.3) is 0 Å². The zero-order valence-corrected chi connectivity index (χ0v) is 8.74. The van der Waals surface area contributed by atoms with Crippen molar-refractivity contribution in [1.82, 2.24) is 0 Å². The highest BCUT2D eigenvalue weighted by Crippen LogP contribution is 2.16. The van der Waals surface area contributed by atoms with Gasteiger partial charge in [-0.1, -0.05) is 20.3 Å². The van der Waals surface area contributed by atoms with Crippen LogP contribution >= 0.6 is 0 Å². The van der Waals surface area contributed by atoms with Crippen LogP contribution in [0, 0.1) is 11.8 Å². The van der Waals surface area contributed by atoms with Gasteiger partial charge in [-0.05, 0) is 31.2 Å². The van der Waals surface area contributed by atoms with E-state index < -0.39 is 6.10 Å². The average molecular weight is 189 g/mol. The molecule has 0 aliphatic carbocycles. The van der Waals surface area contributed by atoms with Crippen LogP contribution in [0.2, 0.25) is 0 Å². The molecular formula is C10H23NO2. The first kappa shape index (κ1) is 12.9. The van der Waals surface area contributed by atoms with Crippen molar-refractivity contribution in [2.45, 2.75) is 39.2 Å². The predicted octanol–water partition coefficient (Wildman–Crippen LogP) is 0.741. The minimum Gasteiger partial charge on any atom is -0.394 e. The van der Waals surface area contributed by atoms with Gasteiger partial charge in [-0.2, -0.15) is 0 Å². The van der Waals surface area contributed by atoms with Gasteiger partial charge in [-0.3, -0.25) is 0 Å². The zero-order chi connectivity index (χ0) is 10.3. The van der Waals surface area contributed by atoms with Crippen molar-refractivity contribution in [2.75, 3.05) is 13.2 Å². The first-order valence-electron chi connectivity index (χ1n) is 5.10. The summed E-state index contributed by atoms with van der Waals surface area (Å²) in [5, 5.41) is 18.0. The maximum atomic E-state index is 9.29. The molecule has 0 bridgehead atoms. The van der Waals surface area contributed by atoms with Crippen LogP contribution in [-0.2, 0) is 0 Å². The van der Waals surface area contributed by atoms with E-state index in [1.165, 1.54) is 0 Å². The third-order valence-corrected chi connectivity index (χ3v) is 2.62. The van der Waals surface area contributed by atoms with Gasteiger partial charge in [0, 0.05) is 0 Å². The first-order chi connectivity index (χ1) is 6.11. The third-order valence-electron chi connectivity index (χ3n) is 2.62. The molecule has 3 unspecified atom stereocenters. The van der Waals surface area contributed by atoms with Crippen LogP contribution in [0.3, 0.4) is 0 Å². The highest BCUT2D eigenvalue weighted by Gasteiger charge is 2.13. The van der Waals surface area contributed by atoms with Crippen molar-refractivity contribution in [2.24, 2.45) is 17.6 Å². The Morgan fingerprint density at radius 1 is 1.15 bits per heavy atom. The highest BCUT2D eigenvalue weighted by atomic mass is 16.3. The van der Waals surface area contributed by atoms with Gasteiger partial charge in [0.1, 0.15) is 0 Å². The maximum absolute atomic E-state index is 9.29. The molecule has 13 heavy (non-hydrogen) atoms. The van der Waals surface area contributed by atoms with Crippen LogP contribution in [0.5, 0.6) is 0 Å². The van der Waals surface area contributed by atoms with Gasteiger partial charge >= 0.3 is 0 Å². The first-order valence-corrected chi connectivity index (χ1v) is 5.10. The quantitative estimate of drug-likeness (QED) is 0.553. The van der Waals surface area contributed by atoms with Crippen LogP contribution in [-0.4, -0.2) is 29.5 Å². The molecule has 0 aliphatic rings. The molecule has 0 aliphatic heterocycles. The fourth-order valence-electron chi connectivity index (χ4n) is 1.35. The minimum atomic E-state index is -0.565. The van der Waals surface area contributed by atoms with Crippen LogP contribution < -0.4 is 5.73 Å². The Bertz CT molecular complexity index is 119. The molecule has 0 aromatic rings. The monoisotopic (exact) mass is 189 g/mol. The zero-order valence-electron chi connectivity index (χ0n) is 8.74. The van der Waals surface area contributed by atoms with E-state index in [1.807, 2.05) is 6.92 Å². The van der Waals surface area contributed by atoms with E-state index in [-0.39, 0.29) is 12.5 Å². The summed E-state index contributed by atoms with van der Waals surface area (Å²) in [6, 6.07) is 0. The molecule has 0 fully saturated rings. The average Bonchev–Trinajstić information content (AvgIpc) is 2.13. The van der Waals surface area contributed by atoms with E-state index in [1.54, 1.807) is 0 Å². The number of aliphatic hydroxyl groups is 2. The molecule has 0 amide bonds. The van der Waals surface area contributed by atoms with Crippen LogP contribution in [0.15, 0.2) is 0 Å². The summed E-state index contributed by atoms with van der Waals surface area (Å²) in [4.78, 5) is 0. The third kappa shape index (κ3) is 6.02. The summed E-state index contributed by atoms with van der Waals surface area (Å²) < 4.78 is 0. The summed E-state index contributed by atoms with van der Waals surface area (Å²) in [5.41, 5.74) is 5.43. The Balaban J connectivity index is 3.50. The van der Waals surface area contributed by atoms with Crippen LogP contribution in [0.4, 0.5) is 0 Å². The Morgan fingerprint density at radius 2 is 1.77 bits per heavy atom. The van der Waals surface area contributed by atoms with Crippen molar-refractivity contribution in [3.8, 4) is 0 Å². The van der Waals surface area contributed by atoms with Crippen molar-refractivity contribution < 1.29 is 10.2 Å². The molecule has 0 radical (unpaired) electrons. The van der Waals surface area contributed by atoms with Crippen molar-refractivity contribution in [1.29, 1.82) is 0 Å². The molecule has 0 rings (SSSR count). The second-order valence-electron chi connectivity index (χ2n) is 3.99. The molecule has 0 aromatic heterocycles. The Hall–Kier alpha value is -0.120. The van der Waals surface area contributed by atoms with Crippen molar-refractivity contribution >= 4 is 0 Å². The molecule has 3 nitrogen and oxygen atoms in total. The van der Waals surface area contributed by atoms with E-state index in [4.69, 9.17) is 10.8 Å². The maximum Gasteiger partial charge on any atom is 0.0796 e. The van der Waals surface area contributed by atoms with Gasteiger partial charge in [0.25, 0.3) is 0 Å². The Labute approximate surface area is 81.0 Å². The van der Waals surface area contributed by atoms with E-state index in [9.17, 15) is 5.11 Å². The topological polar surface area (TPSA) is 66.5 Å². The number of aliphatic hydroxyl groups excluding tert-OH is 2. The molecule has 0 aromatic carbocycles. The van der Waals surface area contributed by atoms with E-state index in [0.717, 1.165) is 25.8 Å². The summed E-state index contributed by atoms with van der Waals surface area (Å²) in [6.07, 6.45) is 2.52. The summed E-state index contributed by atoms with van der Waals surface area (Å²) in [7, 11) is 0. The van der Waals surface area contributed by atoms with Gasteiger partial charge in [-0.25, -0.2) is 0 Å². The molecule has 0 saturated carbocycles. The highest BCUT2D eigenvalue weighted by molar-refractivity contribution is 4.65. The second-order valence-corrected chi connectivity index (χ2v) is 3.99. The fraction of sp³-hybridized carbons (Fsp3) is 1.00. The minimum absolute atomic E-state index is 0.133. The number of hydrogen-bond acceptors (Lipinski definition) is 3. The molecule has 0 spiro atoms. The number of nitrogens with two attached hydrogens (primary N) is 1. The molecule has 3 heteroatoms. The standard InChI is InChI=1S/C10H23NO2/c1-8(5-6-11)3-4-9(2)10(13)7-12/h8-10,12-13H,3-7,11H2,1-2H3. The summed E-state index contributed by atoms with van der Waals surface area (Å²) in [5.74, 6) is 0.809. The normalized spacial score (nSPS) is 18.2. The lowest BCUT2D eigenvalue weighted by Gasteiger charge is -2.18. The Morgan fingerprint density at radius 3 is 2.23 bits per heavy atom. The predicted molar refractivity (Wildman–Crippen MR) is 54.3 cm³/mol. The van der Waals surface area contributed by atoms with Gasteiger partial charge in [0.05, 0.1) is 12.7 Å². The molecule has 0 saturated heterocycles. The lowest BCUT2D eigenvalue weighted by atomic mass is 9.93. The van der Waals surface area contributed by atoms with Crippen molar-refractivity contribution in [3.05, 3.63) is 0 Å². The number of hydrogen-bond donors (Lipinski definition) is 3. The van der Waals surface area contributed by atoms with Crippen molar-refractivity contribution in [3.63, 3.8) is 0 Å². The van der Waals surface area contributed by atoms with E-state index >= 15 is 0 Å². The lowest BCUT2D eigenvalue weighted by molar-refractivity contribution is 0.0482. The smallest absolute Gasteiger partial charge is 0.0796 e. The largest absolute Gasteiger partial charge is 0.394 e. The molecule has 80 valence electrons. The van der Waals surface area contributed by atoms with Gasteiger partial charge in [0.2, 0.25) is 0 Å². The van der Waals surface area contributed by atoms with E-state index in [0.29, 0.717) is 5.92 Å². The fourth-order valence-corrected chi connectivity index (χ4v) is 1.35. The second kappa shape index (κ2) is 7.30. The molecular weight excluding hydrogens is 166 g/mol. The lowest BCUT2D eigenvalue weighted by Crippen LogP contribution is -2.22. The summed E-state index contributed by atoms with van der Waals surface area (Å²) in [6.45, 7) is 4.74.